The van der Waals surface area contributed by atoms with Crippen LogP contribution in [0.4, 0.5) is 0 Å². The summed E-state index contributed by atoms with van der Waals surface area (Å²) >= 11 is 0. The summed E-state index contributed by atoms with van der Waals surface area (Å²) in [6.45, 7) is 1.22. The average molecular weight is 117 g/mol. The Kier molecular flexibility index (Phi) is 2.79. The van der Waals surface area contributed by atoms with E-state index in [-0.39, 0.29) is 6.29 Å². The molecule has 0 rings (SSSR count). The van der Waals surface area contributed by atoms with E-state index in [2.05, 4.69) is 0 Å². The zero-order valence-corrected chi connectivity index (χ0v) is 4.42. The molecule has 2 N–H and O–H groups in total. The lowest BCUT2D eigenvalue weighted by molar-refractivity contribution is -0.127. The van der Waals surface area contributed by atoms with E-state index in [1.54, 1.807) is 0 Å². The van der Waals surface area contributed by atoms with Gasteiger partial charge in [0.05, 0.1) is 0 Å². The molecule has 1 unspecified atom stereocenters. The van der Waals surface area contributed by atoms with Crippen LogP contribution in [0.15, 0.2) is 0 Å². The zero-order valence-electron chi connectivity index (χ0n) is 4.42. The highest BCUT2D eigenvalue weighted by molar-refractivity contribution is 5.76. The molecule has 0 aromatic heterocycles. The molecule has 46 valence electrons. The van der Waals surface area contributed by atoms with Gasteiger partial charge >= 0.3 is 0 Å². The Morgan fingerprint density at radius 2 is 2.38 bits per heavy atom. The van der Waals surface area contributed by atoms with Crippen LogP contribution in [0.1, 0.15) is 6.92 Å². The van der Waals surface area contributed by atoms with Gasteiger partial charge in [0.25, 0.3) is 0 Å². The van der Waals surface area contributed by atoms with Crippen molar-refractivity contribution in [2.75, 3.05) is 0 Å². The largest absolute Gasteiger partial charge is 0.367 e. The highest BCUT2D eigenvalue weighted by atomic mass is 16.3. The first-order valence-corrected chi connectivity index (χ1v) is 2.07. The molecule has 4 heteroatoms. The molecule has 8 heavy (non-hydrogen) atoms. The number of nitrogens with one attached hydrogen (secondary N) is 1. The van der Waals surface area contributed by atoms with E-state index in [0.29, 0.717) is 0 Å². The molecule has 0 saturated heterocycles. The predicted octanol–water partition coefficient (Wildman–Crippen LogP) is -1.36. The van der Waals surface area contributed by atoms with Crippen molar-refractivity contribution in [2.24, 2.45) is 0 Å². The van der Waals surface area contributed by atoms with Gasteiger partial charge in [-0.2, -0.15) is 0 Å². The Labute approximate surface area is 46.5 Å². The maximum atomic E-state index is 9.98. The Bertz CT molecular complexity index is 101. The number of carbonyl (C=O) groups excluding carboxylic acids is 2. The van der Waals surface area contributed by atoms with E-state index >= 15 is 0 Å². The quantitative estimate of drug-likeness (QED) is 0.347. The van der Waals surface area contributed by atoms with Gasteiger partial charge in [0, 0.05) is 6.92 Å². The summed E-state index contributed by atoms with van der Waals surface area (Å²) in [5.41, 5.74) is 0. The second-order valence-corrected chi connectivity index (χ2v) is 1.28. The first kappa shape index (κ1) is 7.10. The van der Waals surface area contributed by atoms with Gasteiger partial charge < -0.3 is 10.4 Å². The minimum Gasteiger partial charge on any atom is -0.367 e. The monoisotopic (exact) mass is 117 g/mol. The maximum Gasteiger partial charge on any atom is 0.219 e. The standard InChI is InChI=1S/C4H7NO3/c1-3(7)5-4(8)2-6/h2,4,8H,1H3,(H,5,7). The summed E-state index contributed by atoms with van der Waals surface area (Å²) in [4.78, 5) is 19.6. The number of aldehydes is 1. The number of aliphatic hydroxyl groups is 1. The van der Waals surface area contributed by atoms with Crippen LogP contribution >= 0.6 is 0 Å². The van der Waals surface area contributed by atoms with Gasteiger partial charge in [-0.3, -0.25) is 9.59 Å². The van der Waals surface area contributed by atoms with Crippen LogP contribution < -0.4 is 5.32 Å². The topological polar surface area (TPSA) is 66.4 Å². The van der Waals surface area contributed by atoms with E-state index in [1.165, 1.54) is 6.92 Å². The second-order valence-electron chi connectivity index (χ2n) is 1.28. The van der Waals surface area contributed by atoms with E-state index in [9.17, 15) is 9.59 Å². The summed E-state index contributed by atoms with van der Waals surface area (Å²) in [5.74, 6) is -0.426. The van der Waals surface area contributed by atoms with Crippen LogP contribution in [0.3, 0.4) is 0 Å². The third-order valence-corrected chi connectivity index (χ3v) is 0.480. The predicted molar refractivity (Wildman–Crippen MR) is 25.9 cm³/mol. The summed E-state index contributed by atoms with van der Waals surface area (Å²) in [5, 5.41) is 10.3. The first-order valence-electron chi connectivity index (χ1n) is 2.07. The lowest BCUT2D eigenvalue weighted by Gasteiger charge is -1.99. The van der Waals surface area contributed by atoms with Crippen molar-refractivity contribution in [3.05, 3.63) is 0 Å². The molecule has 0 fully saturated rings. The van der Waals surface area contributed by atoms with Crippen LogP contribution in [0.25, 0.3) is 0 Å². The van der Waals surface area contributed by atoms with Crippen LogP contribution in [-0.2, 0) is 9.59 Å². The molecule has 4 nitrogen and oxygen atoms in total. The molecule has 0 radical (unpaired) electrons. The summed E-state index contributed by atoms with van der Waals surface area (Å²) in [6, 6.07) is 0. The van der Waals surface area contributed by atoms with Crippen molar-refractivity contribution in [3.8, 4) is 0 Å². The molecule has 1 atom stereocenters. The smallest absolute Gasteiger partial charge is 0.219 e. The molecule has 0 aromatic carbocycles. The van der Waals surface area contributed by atoms with Gasteiger partial charge in [0.15, 0.2) is 12.5 Å². The van der Waals surface area contributed by atoms with Crippen molar-refractivity contribution >= 4 is 12.2 Å². The Hall–Kier alpha value is -0.900. The van der Waals surface area contributed by atoms with Crippen LogP contribution in [0, 0.1) is 0 Å². The number of carbonyl (C=O) groups is 2. The maximum absolute atomic E-state index is 9.98. The highest BCUT2D eigenvalue weighted by Crippen LogP contribution is 1.66. The molecule has 0 spiro atoms. The number of amides is 1. The number of hydrogen-bond acceptors (Lipinski definition) is 3. The SMILES string of the molecule is CC(=O)NC(O)C=O. The molecule has 0 aliphatic heterocycles. The van der Waals surface area contributed by atoms with Gasteiger partial charge in [-0.05, 0) is 0 Å². The van der Waals surface area contributed by atoms with Crippen LogP contribution in [0.5, 0.6) is 0 Å². The normalized spacial score (nSPS) is 12.2. The molecule has 0 bridgehead atoms. The van der Waals surface area contributed by atoms with Crippen molar-refractivity contribution in [1.82, 2.24) is 5.32 Å². The number of aliphatic hydroxyl groups excluding tert-OH is 1. The molecule has 0 aliphatic rings. The van der Waals surface area contributed by atoms with Gasteiger partial charge in [0.2, 0.25) is 5.91 Å². The molecule has 0 heterocycles. The van der Waals surface area contributed by atoms with E-state index in [4.69, 9.17) is 5.11 Å². The Morgan fingerprint density at radius 3 is 2.50 bits per heavy atom. The average Bonchev–Trinajstić information content (AvgIpc) is 1.65. The van der Waals surface area contributed by atoms with Crippen LogP contribution in [-0.4, -0.2) is 23.5 Å². The fraction of sp³-hybridized carbons (Fsp3) is 0.500. The van der Waals surface area contributed by atoms with E-state index in [0.717, 1.165) is 0 Å². The first-order chi connectivity index (χ1) is 3.66. The molecular weight excluding hydrogens is 110 g/mol. The highest BCUT2D eigenvalue weighted by Gasteiger charge is 1.99. The third-order valence-electron chi connectivity index (χ3n) is 0.480. The minimum atomic E-state index is -1.35. The van der Waals surface area contributed by atoms with Crippen molar-refractivity contribution in [3.63, 3.8) is 0 Å². The Morgan fingerprint density at radius 1 is 1.88 bits per heavy atom. The minimum absolute atomic E-state index is 0.238. The summed E-state index contributed by atoms with van der Waals surface area (Å²) < 4.78 is 0. The molecule has 1 amide bonds. The number of hydrogen-bond donors (Lipinski definition) is 2. The molecule has 0 aromatic rings. The van der Waals surface area contributed by atoms with Crippen LogP contribution in [0.2, 0.25) is 0 Å². The summed E-state index contributed by atoms with van der Waals surface area (Å²) in [6.07, 6.45) is -1.12. The second kappa shape index (κ2) is 3.15. The fourth-order valence-corrected chi connectivity index (χ4v) is 0.242. The lowest BCUT2D eigenvalue weighted by Crippen LogP contribution is -2.33. The van der Waals surface area contributed by atoms with Crippen molar-refractivity contribution < 1.29 is 14.7 Å². The third kappa shape index (κ3) is 3.30. The van der Waals surface area contributed by atoms with E-state index in [1.807, 2.05) is 5.32 Å². The zero-order chi connectivity index (χ0) is 6.57. The van der Waals surface area contributed by atoms with E-state index < -0.39 is 12.1 Å². The molecular formula is C4H7NO3. The molecule has 0 saturated carbocycles. The number of rotatable bonds is 2. The van der Waals surface area contributed by atoms with Gasteiger partial charge in [-0.15, -0.1) is 0 Å². The fourth-order valence-electron chi connectivity index (χ4n) is 0.242. The lowest BCUT2D eigenvalue weighted by atomic mass is 10.6. The van der Waals surface area contributed by atoms with Gasteiger partial charge in [0.1, 0.15) is 0 Å². The van der Waals surface area contributed by atoms with Crippen molar-refractivity contribution in [1.29, 1.82) is 0 Å². The Balaban J connectivity index is 3.38. The van der Waals surface area contributed by atoms with Crippen molar-refractivity contribution in [2.45, 2.75) is 13.2 Å². The molecule has 0 aliphatic carbocycles. The van der Waals surface area contributed by atoms with Gasteiger partial charge in [-0.1, -0.05) is 0 Å². The van der Waals surface area contributed by atoms with Gasteiger partial charge in [-0.25, -0.2) is 0 Å². The summed E-state index contributed by atoms with van der Waals surface area (Å²) in [7, 11) is 0.